The van der Waals surface area contributed by atoms with Crippen LogP contribution in [-0.4, -0.2) is 66.5 Å². The van der Waals surface area contributed by atoms with Crippen LogP contribution < -0.4 is 10.1 Å². The minimum Gasteiger partial charge on any atom is -0.503 e. The first kappa shape index (κ1) is 26.3. The third-order valence-corrected chi connectivity index (χ3v) is 6.42. The van der Waals surface area contributed by atoms with Gasteiger partial charge in [0.15, 0.2) is 23.2 Å². The molecule has 2 fully saturated rings. The minimum atomic E-state index is -1.22. The van der Waals surface area contributed by atoms with Gasteiger partial charge < -0.3 is 29.4 Å². The van der Waals surface area contributed by atoms with E-state index in [1.54, 1.807) is 19.1 Å². The van der Waals surface area contributed by atoms with Crippen LogP contribution in [0.5, 0.6) is 11.5 Å². The molecule has 1 saturated carbocycles. The summed E-state index contributed by atoms with van der Waals surface area (Å²) in [6.07, 6.45) is 1.67. The van der Waals surface area contributed by atoms with Crippen molar-refractivity contribution in [2.24, 2.45) is 11.8 Å². The number of aromatic nitrogens is 1. The zero-order chi connectivity index (χ0) is 26.5. The van der Waals surface area contributed by atoms with E-state index in [0.717, 1.165) is 18.4 Å². The second kappa shape index (κ2) is 11.5. The molecule has 0 radical (unpaired) electrons. The van der Waals surface area contributed by atoms with Crippen molar-refractivity contribution in [3.63, 3.8) is 0 Å². The van der Waals surface area contributed by atoms with Crippen LogP contribution in [0.1, 0.15) is 35.8 Å². The van der Waals surface area contributed by atoms with Gasteiger partial charge in [0.25, 0.3) is 5.91 Å². The number of benzene rings is 1. The number of aromatic hydroxyl groups is 1. The third kappa shape index (κ3) is 6.53. The standard InChI is InChI=1S/C26H29FN2O8/c1-14-18(11-15-3-7-17(27)8-4-15)21(37-25(32)16-5-6-16)13-35-12-19(26(33)36-14)29-24(31)22-23(30)20(34-2)9-10-28-22/h3-4,7-10,14,16,18-19,21,30H,5-6,11-13H2,1-2H3,(H,29,31)/t14-,18-,19-,21-/m0/s1. The smallest absolute Gasteiger partial charge is 0.331 e. The number of nitrogens with zero attached hydrogens (tertiary/aromatic N) is 1. The number of ether oxygens (including phenoxy) is 4. The number of cyclic esters (lactones) is 1. The highest BCUT2D eigenvalue weighted by molar-refractivity contribution is 5.98. The molecule has 2 aromatic rings. The van der Waals surface area contributed by atoms with E-state index in [0.29, 0.717) is 6.42 Å². The summed E-state index contributed by atoms with van der Waals surface area (Å²) in [7, 11) is 1.33. The minimum absolute atomic E-state index is 0.0413. The van der Waals surface area contributed by atoms with Gasteiger partial charge in [0.2, 0.25) is 0 Å². The zero-order valence-electron chi connectivity index (χ0n) is 20.5. The second-order valence-electron chi connectivity index (χ2n) is 9.16. The zero-order valence-corrected chi connectivity index (χ0v) is 20.5. The first-order chi connectivity index (χ1) is 17.8. The van der Waals surface area contributed by atoms with Gasteiger partial charge in [-0.15, -0.1) is 0 Å². The number of halogens is 1. The molecule has 2 aliphatic rings. The Balaban J connectivity index is 1.52. The fourth-order valence-corrected chi connectivity index (χ4v) is 4.12. The molecule has 1 saturated heterocycles. The van der Waals surface area contributed by atoms with Crippen LogP contribution in [0, 0.1) is 17.7 Å². The molecule has 0 bridgehead atoms. The number of esters is 2. The van der Waals surface area contributed by atoms with Gasteiger partial charge in [-0.3, -0.25) is 9.59 Å². The number of pyridine rings is 1. The lowest BCUT2D eigenvalue weighted by Gasteiger charge is -2.30. The van der Waals surface area contributed by atoms with Crippen molar-refractivity contribution in [3.05, 3.63) is 53.6 Å². The topological polar surface area (TPSA) is 133 Å². The van der Waals surface area contributed by atoms with Gasteiger partial charge in [-0.2, -0.15) is 0 Å². The average molecular weight is 517 g/mol. The third-order valence-electron chi connectivity index (χ3n) is 6.42. The Hall–Kier alpha value is -3.73. The molecule has 37 heavy (non-hydrogen) atoms. The highest BCUT2D eigenvalue weighted by Gasteiger charge is 2.40. The number of nitrogens with one attached hydrogen (secondary N) is 1. The van der Waals surface area contributed by atoms with Crippen molar-refractivity contribution in [1.82, 2.24) is 10.3 Å². The van der Waals surface area contributed by atoms with E-state index >= 15 is 0 Å². The molecule has 0 unspecified atom stereocenters. The number of rotatable bonds is 7. The lowest BCUT2D eigenvalue weighted by molar-refractivity contribution is -0.162. The van der Waals surface area contributed by atoms with E-state index in [1.807, 2.05) is 0 Å². The van der Waals surface area contributed by atoms with Crippen molar-refractivity contribution in [2.75, 3.05) is 20.3 Å². The highest BCUT2D eigenvalue weighted by atomic mass is 19.1. The van der Waals surface area contributed by atoms with E-state index in [1.165, 1.54) is 31.5 Å². The van der Waals surface area contributed by atoms with Crippen LogP contribution in [0.2, 0.25) is 0 Å². The fourth-order valence-electron chi connectivity index (χ4n) is 4.12. The van der Waals surface area contributed by atoms with E-state index in [4.69, 9.17) is 18.9 Å². The normalized spacial score (nSPS) is 24.1. The molecular weight excluding hydrogens is 487 g/mol. The van der Waals surface area contributed by atoms with Crippen molar-refractivity contribution in [3.8, 4) is 11.5 Å². The maximum absolute atomic E-state index is 13.4. The number of methoxy groups -OCH3 is 1. The maximum atomic E-state index is 13.4. The first-order valence-electron chi connectivity index (χ1n) is 12.0. The number of hydrogen-bond acceptors (Lipinski definition) is 9. The molecular formula is C26H29FN2O8. The van der Waals surface area contributed by atoms with E-state index in [2.05, 4.69) is 10.3 Å². The van der Waals surface area contributed by atoms with Crippen molar-refractivity contribution in [2.45, 2.75) is 44.4 Å². The fraction of sp³-hybridized carbons (Fsp3) is 0.462. The van der Waals surface area contributed by atoms with Gasteiger partial charge in [0.05, 0.1) is 26.2 Å². The van der Waals surface area contributed by atoms with Crippen LogP contribution in [0.4, 0.5) is 4.39 Å². The van der Waals surface area contributed by atoms with Crippen LogP contribution in [0.15, 0.2) is 36.5 Å². The Bertz CT molecular complexity index is 1140. The highest BCUT2D eigenvalue weighted by Crippen LogP contribution is 2.33. The van der Waals surface area contributed by atoms with Crippen LogP contribution in [0.3, 0.4) is 0 Å². The first-order valence-corrected chi connectivity index (χ1v) is 12.0. The molecule has 1 aromatic heterocycles. The Morgan fingerprint density at radius 3 is 2.59 bits per heavy atom. The summed E-state index contributed by atoms with van der Waals surface area (Å²) in [6, 6.07) is 6.07. The quantitative estimate of drug-likeness (QED) is 0.531. The van der Waals surface area contributed by atoms with Crippen molar-refractivity contribution in [1.29, 1.82) is 0 Å². The molecule has 1 aliphatic carbocycles. The number of hydrogen-bond donors (Lipinski definition) is 2. The molecule has 10 nitrogen and oxygen atoms in total. The molecule has 4 rings (SSSR count). The number of amides is 1. The summed E-state index contributed by atoms with van der Waals surface area (Å²) in [5.41, 5.74) is 0.441. The van der Waals surface area contributed by atoms with Gasteiger partial charge in [0.1, 0.15) is 18.0 Å². The molecule has 11 heteroatoms. The van der Waals surface area contributed by atoms with Gasteiger partial charge in [0, 0.05) is 18.2 Å². The summed E-state index contributed by atoms with van der Waals surface area (Å²) in [6.45, 7) is 1.37. The van der Waals surface area contributed by atoms with Gasteiger partial charge in [-0.25, -0.2) is 14.2 Å². The van der Waals surface area contributed by atoms with Gasteiger partial charge in [-0.1, -0.05) is 12.1 Å². The molecule has 1 amide bonds. The van der Waals surface area contributed by atoms with Crippen LogP contribution in [-0.2, 0) is 30.2 Å². The van der Waals surface area contributed by atoms with E-state index in [9.17, 15) is 23.9 Å². The molecule has 0 spiro atoms. The summed E-state index contributed by atoms with van der Waals surface area (Å²) < 4.78 is 35.6. The number of carbonyl (C=O) groups is 3. The van der Waals surface area contributed by atoms with Gasteiger partial charge >= 0.3 is 11.9 Å². The molecule has 2 heterocycles. The summed E-state index contributed by atoms with van der Waals surface area (Å²) in [5.74, 6) is -3.36. The predicted molar refractivity (Wildman–Crippen MR) is 126 cm³/mol. The van der Waals surface area contributed by atoms with E-state index < -0.39 is 41.8 Å². The summed E-state index contributed by atoms with van der Waals surface area (Å²) in [4.78, 5) is 42.2. The molecule has 1 aromatic carbocycles. The molecule has 2 N–H and O–H groups in total. The Kier molecular flexibility index (Phi) is 8.22. The number of carbonyl (C=O) groups excluding carboxylic acids is 3. The maximum Gasteiger partial charge on any atom is 0.331 e. The molecule has 198 valence electrons. The second-order valence-corrected chi connectivity index (χ2v) is 9.16. The van der Waals surface area contributed by atoms with Crippen molar-refractivity contribution >= 4 is 17.8 Å². The van der Waals surface area contributed by atoms with Crippen LogP contribution >= 0.6 is 0 Å². The van der Waals surface area contributed by atoms with Crippen LogP contribution in [0.25, 0.3) is 0 Å². The average Bonchev–Trinajstić information content (AvgIpc) is 3.72. The Labute approximate surface area is 213 Å². The summed E-state index contributed by atoms with van der Waals surface area (Å²) in [5, 5.41) is 12.7. The van der Waals surface area contributed by atoms with E-state index in [-0.39, 0.29) is 42.4 Å². The van der Waals surface area contributed by atoms with Gasteiger partial charge in [-0.05, 0) is 43.9 Å². The molecule has 4 atom stereocenters. The Morgan fingerprint density at radius 1 is 1.19 bits per heavy atom. The monoisotopic (exact) mass is 516 g/mol. The molecule has 1 aliphatic heterocycles. The summed E-state index contributed by atoms with van der Waals surface area (Å²) >= 11 is 0. The van der Waals surface area contributed by atoms with Crippen molar-refractivity contribution < 1.29 is 42.8 Å². The lowest BCUT2D eigenvalue weighted by Crippen LogP contribution is -2.46. The predicted octanol–water partition coefficient (Wildman–Crippen LogP) is 2.18. The Morgan fingerprint density at radius 2 is 1.92 bits per heavy atom. The lowest BCUT2D eigenvalue weighted by atomic mass is 9.89. The largest absolute Gasteiger partial charge is 0.503 e. The SMILES string of the molecule is COc1ccnc(C(=O)N[C@H]2COC[C@H](OC(=O)C3CC3)[C@@H](Cc3ccc(F)cc3)[C@H](C)OC2=O)c1O.